The molecule has 1 N–H and O–H groups in total. The lowest BCUT2D eigenvalue weighted by Gasteiger charge is -2.04. The summed E-state index contributed by atoms with van der Waals surface area (Å²) in [6, 6.07) is 4.25. The molecule has 23 heavy (non-hydrogen) atoms. The van der Waals surface area contributed by atoms with Crippen LogP contribution in [0.5, 0.6) is 0 Å². The van der Waals surface area contributed by atoms with Crippen LogP contribution in [0.15, 0.2) is 30.0 Å². The van der Waals surface area contributed by atoms with E-state index in [2.05, 4.69) is 42.9 Å². The van der Waals surface area contributed by atoms with Gasteiger partial charge in [-0.15, -0.1) is 22.7 Å². The lowest BCUT2D eigenvalue weighted by Crippen LogP contribution is -2.01. The van der Waals surface area contributed by atoms with E-state index in [0.29, 0.717) is 0 Å². The number of hydrogen-bond donors (Lipinski definition) is 1. The average molecular weight is 342 g/mol. The highest BCUT2D eigenvalue weighted by atomic mass is 32.1. The number of nitrogens with zero attached hydrogens (tertiary/aromatic N) is 5. The number of nitrogens with one attached hydrogen (secondary N) is 1. The van der Waals surface area contributed by atoms with Gasteiger partial charge in [0, 0.05) is 17.3 Å². The first-order valence-electron chi connectivity index (χ1n) is 7.08. The first kappa shape index (κ1) is 14.3. The van der Waals surface area contributed by atoms with Crippen molar-refractivity contribution in [3.8, 4) is 10.6 Å². The van der Waals surface area contributed by atoms with E-state index in [1.54, 1.807) is 39.9 Å². The highest BCUT2D eigenvalue weighted by Gasteiger charge is 2.09. The van der Waals surface area contributed by atoms with Gasteiger partial charge in [-0.05, 0) is 19.1 Å². The predicted molar refractivity (Wildman–Crippen MR) is 93.8 cm³/mol. The molecule has 4 aromatic rings. The Hall–Kier alpha value is -2.32. The Bertz CT molecular complexity index is 967. The summed E-state index contributed by atoms with van der Waals surface area (Å²) >= 11 is 3.42. The highest BCUT2D eigenvalue weighted by molar-refractivity contribution is 7.16. The largest absolute Gasteiger partial charge is 0.364 e. The molecule has 8 heteroatoms. The predicted octanol–water partition coefficient (Wildman–Crippen LogP) is 3.47. The van der Waals surface area contributed by atoms with Crippen molar-refractivity contribution >= 4 is 39.5 Å². The number of anilines is 1. The first-order chi connectivity index (χ1) is 11.2. The molecule has 6 nitrogen and oxygen atoms in total. The molecule has 0 aliphatic carbocycles. The maximum atomic E-state index is 4.53. The third-order valence-electron chi connectivity index (χ3n) is 3.49. The quantitative estimate of drug-likeness (QED) is 0.615. The van der Waals surface area contributed by atoms with Crippen molar-refractivity contribution in [1.29, 1.82) is 0 Å². The van der Waals surface area contributed by atoms with Crippen molar-refractivity contribution in [3.05, 3.63) is 39.9 Å². The second-order valence-corrected chi connectivity index (χ2v) is 7.33. The van der Waals surface area contributed by atoms with Crippen molar-refractivity contribution in [3.63, 3.8) is 0 Å². The molecule has 0 spiro atoms. The Labute approximate surface area is 140 Å². The molecular weight excluding hydrogens is 328 g/mol. The Balaban J connectivity index is 1.54. The van der Waals surface area contributed by atoms with E-state index in [9.17, 15) is 0 Å². The number of aromatic nitrogens is 5. The van der Waals surface area contributed by atoms with Crippen LogP contribution in [0.3, 0.4) is 0 Å². The highest BCUT2D eigenvalue weighted by Crippen LogP contribution is 2.29. The maximum absolute atomic E-state index is 4.53. The SMILES string of the molecule is Cc1nc(-c2ccc(CNc3ncnc4c3cnn4C)s2)cs1. The summed E-state index contributed by atoms with van der Waals surface area (Å²) < 4.78 is 1.75. The van der Waals surface area contributed by atoms with Gasteiger partial charge >= 0.3 is 0 Å². The summed E-state index contributed by atoms with van der Waals surface area (Å²) in [5.41, 5.74) is 1.88. The van der Waals surface area contributed by atoms with Crippen LogP contribution in [0, 0.1) is 6.92 Å². The Morgan fingerprint density at radius 2 is 2.17 bits per heavy atom. The molecule has 0 atom stereocenters. The minimum atomic E-state index is 0.717. The number of thiophene rings is 1. The van der Waals surface area contributed by atoms with Gasteiger partial charge in [-0.2, -0.15) is 5.10 Å². The molecule has 4 aromatic heterocycles. The fraction of sp³-hybridized carbons (Fsp3) is 0.200. The number of hydrogen-bond acceptors (Lipinski definition) is 7. The zero-order valence-corrected chi connectivity index (χ0v) is 14.3. The fourth-order valence-electron chi connectivity index (χ4n) is 2.36. The van der Waals surface area contributed by atoms with Gasteiger partial charge in [0.2, 0.25) is 0 Å². The van der Waals surface area contributed by atoms with Crippen LogP contribution in [-0.4, -0.2) is 24.7 Å². The van der Waals surface area contributed by atoms with Gasteiger partial charge in [0.05, 0.1) is 33.7 Å². The summed E-state index contributed by atoms with van der Waals surface area (Å²) in [5, 5.41) is 11.7. The van der Waals surface area contributed by atoms with Gasteiger partial charge in [-0.25, -0.2) is 15.0 Å². The fourth-order valence-corrected chi connectivity index (χ4v) is 3.96. The van der Waals surface area contributed by atoms with E-state index < -0.39 is 0 Å². The smallest absolute Gasteiger partial charge is 0.163 e. The maximum Gasteiger partial charge on any atom is 0.163 e. The van der Waals surface area contributed by atoms with Crippen LogP contribution < -0.4 is 5.32 Å². The zero-order chi connectivity index (χ0) is 15.8. The monoisotopic (exact) mass is 342 g/mol. The van der Waals surface area contributed by atoms with E-state index in [0.717, 1.165) is 34.1 Å². The molecule has 4 rings (SSSR count). The van der Waals surface area contributed by atoms with E-state index in [1.165, 1.54) is 9.75 Å². The summed E-state index contributed by atoms with van der Waals surface area (Å²) in [4.78, 5) is 15.5. The number of thiazole rings is 1. The third kappa shape index (κ3) is 2.71. The van der Waals surface area contributed by atoms with Crippen molar-refractivity contribution < 1.29 is 0 Å². The molecule has 0 saturated carbocycles. The second-order valence-electron chi connectivity index (χ2n) is 5.10. The summed E-state index contributed by atoms with van der Waals surface area (Å²) in [6.45, 7) is 2.74. The number of rotatable bonds is 4. The minimum Gasteiger partial charge on any atom is -0.364 e. The van der Waals surface area contributed by atoms with Gasteiger partial charge in [0.15, 0.2) is 5.65 Å². The van der Waals surface area contributed by atoms with Crippen LogP contribution in [0.4, 0.5) is 5.82 Å². The summed E-state index contributed by atoms with van der Waals surface area (Å²) in [5.74, 6) is 0.808. The van der Waals surface area contributed by atoms with E-state index in [4.69, 9.17) is 0 Å². The molecule has 0 aliphatic heterocycles. The van der Waals surface area contributed by atoms with E-state index in [-0.39, 0.29) is 0 Å². The lowest BCUT2D eigenvalue weighted by atomic mass is 10.3. The van der Waals surface area contributed by atoms with Crippen LogP contribution >= 0.6 is 22.7 Å². The van der Waals surface area contributed by atoms with Crippen LogP contribution in [-0.2, 0) is 13.6 Å². The van der Waals surface area contributed by atoms with Gasteiger partial charge in [0.1, 0.15) is 12.1 Å². The third-order valence-corrected chi connectivity index (χ3v) is 5.37. The second kappa shape index (κ2) is 5.71. The average Bonchev–Trinajstić information content (AvgIpc) is 3.26. The Kier molecular flexibility index (Phi) is 3.55. The van der Waals surface area contributed by atoms with Crippen LogP contribution in [0.1, 0.15) is 9.88 Å². The summed E-state index contributed by atoms with van der Waals surface area (Å²) in [7, 11) is 1.88. The molecule has 0 fully saturated rings. The Morgan fingerprint density at radius 3 is 3.00 bits per heavy atom. The minimum absolute atomic E-state index is 0.717. The molecule has 116 valence electrons. The van der Waals surface area contributed by atoms with Crippen molar-refractivity contribution in [2.24, 2.45) is 7.05 Å². The normalized spacial score (nSPS) is 11.2. The topological polar surface area (TPSA) is 68.5 Å². The van der Waals surface area contributed by atoms with Crippen LogP contribution in [0.25, 0.3) is 21.6 Å². The molecular formula is C15H14N6S2. The zero-order valence-electron chi connectivity index (χ0n) is 12.6. The molecule has 0 unspecified atom stereocenters. The lowest BCUT2D eigenvalue weighted by molar-refractivity contribution is 0.785. The Morgan fingerprint density at radius 1 is 1.26 bits per heavy atom. The molecule has 0 bridgehead atoms. The van der Waals surface area contributed by atoms with Crippen molar-refractivity contribution in [2.75, 3.05) is 5.32 Å². The van der Waals surface area contributed by atoms with Gasteiger partial charge in [-0.3, -0.25) is 4.68 Å². The van der Waals surface area contributed by atoms with Crippen LogP contribution in [0.2, 0.25) is 0 Å². The first-order valence-corrected chi connectivity index (χ1v) is 8.78. The molecule has 4 heterocycles. The van der Waals surface area contributed by atoms with Crippen molar-refractivity contribution in [1.82, 2.24) is 24.7 Å². The van der Waals surface area contributed by atoms with Gasteiger partial charge < -0.3 is 5.32 Å². The molecule has 0 radical (unpaired) electrons. The standard InChI is InChI=1S/C15H14N6S2/c1-9-20-12(7-22-9)13-4-3-10(23-13)5-16-14-11-6-19-21(2)15(11)18-8-17-14/h3-4,6-8H,5H2,1-2H3,(H,16,17,18). The van der Waals surface area contributed by atoms with E-state index >= 15 is 0 Å². The molecule has 0 saturated heterocycles. The van der Waals surface area contributed by atoms with E-state index in [1.807, 2.05) is 14.0 Å². The van der Waals surface area contributed by atoms with Gasteiger partial charge in [0.25, 0.3) is 0 Å². The molecule has 0 amide bonds. The molecule has 0 aromatic carbocycles. The van der Waals surface area contributed by atoms with Crippen molar-refractivity contribution in [2.45, 2.75) is 13.5 Å². The van der Waals surface area contributed by atoms with Gasteiger partial charge in [-0.1, -0.05) is 0 Å². The number of aryl methyl sites for hydroxylation is 2. The number of fused-ring (bicyclic) bond motifs is 1. The summed E-state index contributed by atoms with van der Waals surface area (Å²) in [6.07, 6.45) is 3.35. The molecule has 0 aliphatic rings.